The first-order valence-corrected chi connectivity index (χ1v) is 15.3. The molecule has 0 aliphatic heterocycles. The third kappa shape index (κ3) is 7.63. The number of halogens is 1. The Labute approximate surface area is 245 Å². The van der Waals surface area contributed by atoms with Gasteiger partial charge in [-0.05, 0) is 79.0 Å². The molecule has 10 heteroatoms. The van der Waals surface area contributed by atoms with Gasteiger partial charge in [0.15, 0.2) is 0 Å². The van der Waals surface area contributed by atoms with E-state index in [4.69, 9.17) is 4.74 Å². The summed E-state index contributed by atoms with van der Waals surface area (Å²) in [7, 11) is -2.69. The third-order valence-electron chi connectivity index (χ3n) is 6.68. The molecular weight excluding hydrogens is 594 g/mol. The molecule has 214 valence electrons. The molecule has 3 aromatic rings. The van der Waals surface area contributed by atoms with Gasteiger partial charge in [-0.25, -0.2) is 8.42 Å². The van der Waals surface area contributed by atoms with E-state index < -0.39 is 28.5 Å². The first-order chi connectivity index (χ1) is 19.0. The van der Waals surface area contributed by atoms with Crippen molar-refractivity contribution >= 4 is 43.5 Å². The van der Waals surface area contributed by atoms with Crippen LogP contribution in [-0.4, -0.2) is 50.9 Å². The monoisotopic (exact) mass is 629 g/mol. The fourth-order valence-corrected chi connectivity index (χ4v) is 6.14. The average Bonchev–Trinajstić information content (AvgIpc) is 2.95. The molecule has 2 amide bonds. The Hall–Kier alpha value is -3.37. The summed E-state index contributed by atoms with van der Waals surface area (Å²) < 4.78 is 34.8. The average molecular weight is 631 g/mol. The van der Waals surface area contributed by atoms with Crippen LogP contribution in [0.2, 0.25) is 0 Å². The molecule has 0 saturated carbocycles. The maximum absolute atomic E-state index is 14.0. The maximum atomic E-state index is 14.0. The van der Waals surface area contributed by atoms with Crippen molar-refractivity contribution in [3.8, 4) is 5.75 Å². The summed E-state index contributed by atoms with van der Waals surface area (Å²) in [6.45, 7) is 7.06. The molecule has 0 heterocycles. The summed E-state index contributed by atoms with van der Waals surface area (Å²) in [4.78, 5) is 28.5. The number of rotatable bonds is 12. The molecule has 0 fully saturated rings. The van der Waals surface area contributed by atoms with Crippen molar-refractivity contribution in [2.24, 2.45) is 0 Å². The molecule has 0 bridgehead atoms. The predicted octanol–water partition coefficient (Wildman–Crippen LogP) is 5.29. The van der Waals surface area contributed by atoms with Gasteiger partial charge in [-0.15, -0.1) is 0 Å². The molecule has 3 rings (SSSR count). The molecule has 2 unspecified atom stereocenters. The van der Waals surface area contributed by atoms with Crippen molar-refractivity contribution in [1.82, 2.24) is 10.2 Å². The second-order valence-corrected chi connectivity index (χ2v) is 12.4. The minimum atomic E-state index is -4.19. The number of carbonyl (C=O) groups is 2. The largest absolute Gasteiger partial charge is 0.496 e. The van der Waals surface area contributed by atoms with Crippen LogP contribution in [0.5, 0.6) is 5.75 Å². The van der Waals surface area contributed by atoms with E-state index in [1.54, 1.807) is 37.3 Å². The highest BCUT2D eigenvalue weighted by atomic mass is 79.9. The van der Waals surface area contributed by atoms with Gasteiger partial charge in [0.05, 0.1) is 22.2 Å². The van der Waals surface area contributed by atoms with Gasteiger partial charge in [-0.1, -0.05) is 55.0 Å². The van der Waals surface area contributed by atoms with E-state index in [1.807, 2.05) is 51.1 Å². The highest BCUT2D eigenvalue weighted by Gasteiger charge is 2.33. The summed E-state index contributed by atoms with van der Waals surface area (Å²) in [6.07, 6.45) is 0.738. The molecule has 40 heavy (non-hydrogen) atoms. The highest BCUT2D eigenvalue weighted by Crippen LogP contribution is 2.31. The van der Waals surface area contributed by atoms with Crippen LogP contribution in [0.25, 0.3) is 0 Å². The number of hydrogen-bond acceptors (Lipinski definition) is 5. The SMILES string of the molecule is CCC(C)NC(=O)C(C)N(Cc1ccccc1)C(=O)CN(c1ccc(C)cc1)S(=O)(=O)c1ccc(OC)c(Br)c1. The molecule has 8 nitrogen and oxygen atoms in total. The second kappa shape index (κ2) is 13.8. The number of methoxy groups -OCH3 is 1. The standard InChI is InChI=1S/C30H36BrN3O5S/c1-6-22(3)32-30(36)23(4)33(19-24-10-8-7-9-11-24)29(35)20-34(25-14-12-21(2)13-15-25)40(37,38)26-16-17-28(39-5)27(31)18-26/h7-18,22-23H,6,19-20H2,1-5H3,(H,32,36). The van der Waals surface area contributed by atoms with Gasteiger partial charge >= 0.3 is 0 Å². The van der Waals surface area contributed by atoms with Crippen LogP contribution in [0.15, 0.2) is 82.2 Å². The number of aryl methyl sites for hydroxylation is 1. The third-order valence-corrected chi connectivity index (χ3v) is 9.07. The van der Waals surface area contributed by atoms with Crippen LogP contribution in [0, 0.1) is 6.92 Å². The van der Waals surface area contributed by atoms with Gasteiger partial charge in [0.2, 0.25) is 11.8 Å². The summed E-state index contributed by atoms with van der Waals surface area (Å²) in [6, 6.07) is 19.7. The van der Waals surface area contributed by atoms with E-state index in [9.17, 15) is 18.0 Å². The van der Waals surface area contributed by atoms with Gasteiger partial charge in [0.25, 0.3) is 10.0 Å². The zero-order chi connectivity index (χ0) is 29.4. The van der Waals surface area contributed by atoms with Crippen LogP contribution < -0.4 is 14.4 Å². The summed E-state index contributed by atoms with van der Waals surface area (Å²) in [5, 5.41) is 2.93. The lowest BCUT2D eigenvalue weighted by Crippen LogP contribution is -2.52. The quantitative estimate of drug-likeness (QED) is 0.294. The molecule has 2 atom stereocenters. The molecule has 0 aliphatic carbocycles. The highest BCUT2D eigenvalue weighted by molar-refractivity contribution is 9.10. The van der Waals surface area contributed by atoms with Crippen LogP contribution >= 0.6 is 15.9 Å². The van der Waals surface area contributed by atoms with Gasteiger partial charge in [0.1, 0.15) is 18.3 Å². The summed E-state index contributed by atoms with van der Waals surface area (Å²) in [5.41, 5.74) is 2.10. The van der Waals surface area contributed by atoms with Gasteiger partial charge < -0.3 is 15.0 Å². The number of ether oxygens (including phenoxy) is 1. The smallest absolute Gasteiger partial charge is 0.264 e. The van der Waals surface area contributed by atoms with Crippen LogP contribution in [0.4, 0.5) is 5.69 Å². The summed E-state index contributed by atoms with van der Waals surface area (Å²) >= 11 is 3.36. The first-order valence-electron chi connectivity index (χ1n) is 13.0. The number of nitrogens with zero attached hydrogens (tertiary/aromatic N) is 2. The molecule has 0 aliphatic rings. The Morgan fingerprint density at radius 2 is 1.65 bits per heavy atom. The topological polar surface area (TPSA) is 96.0 Å². The Bertz CT molecular complexity index is 1420. The minimum absolute atomic E-state index is 0.00859. The number of amides is 2. The Morgan fingerprint density at radius 3 is 2.23 bits per heavy atom. The van der Waals surface area contributed by atoms with Crippen molar-refractivity contribution < 1.29 is 22.7 Å². The van der Waals surface area contributed by atoms with E-state index in [0.29, 0.717) is 15.9 Å². The zero-order valence-electron chi connectivity index (χ0n) is 23.4. The number of nitrogens with one attached hydrogen (secondary N) is 1. The number of benzene rings is 3. The van der Waals surface area contributed by atoms with Crippen LogP contribution in [-0.2, 0) is 26.2 Å². The van der Waals surface area contributed by atoms with Crippen molar-refractivity contribution in [3.05, 3.63) is 88.4 Å². The maximum Gasteiger partial charge on any atom is 0.264 e. The Morgan fingerprint density at radius 1 is 1.00 bits per heavy atom. The first kappa shape index (κ1) is 31.2. The molecule has 0 spiro atoms. The van der Waals surface area contributed by atoms with Crippen molar-refractivity contribution in [2.45, 2.75) is 57.6 Å². The minimum Gasteiger partial charge on any atom is -0.496 e. The molecule has 0 radical (unpaired) electrons. The van der Waals surface area contributed by atoms with E-state index in [-0.39, 0.29) is 23.4 Å². The van der Waals surface area contributed by atoms with E-state index in [1.165, 1.54) is 24.1 Å². The fraction of sp³-hybridized carbons (Fsp3) is 0.333. The summed E-state index contributed by atoms with van der Waals surface area (Å²) in [5.74, 6) is -0.332. The van der Waals surface area contributed by atoms with Gasteiger partial charge in [-0.2, -0.15) is 0 Å². The van der Waals surface area contributed by atoms with Gasteiger partial charge in [0, 0.05) is 12.6 Å². The van der Waals surface area contributed by atoms with Crippen LogP contribution in [0.3, 0.4) is 0 Å². The molecule has 1 N–H and O–H groups in total. The molecule has 3 aromatic carbocycles. The molecular formula is C30H36BrN3O5S. The lowest BCUT2D eigenvalue weighted by Gasteiger charge is -2.32. The Kier molecular flexibility index (Phi) is 10.8. The number of carbonyl (C=O) groups excluding carboxylic acids is 2. The van der Waals surface area contributed by atoms with Crippen molar-refractivity contribution in [2.75, 3.05) is 18.0 Å². The molecule has 0 saturated heterocycles. The number of sulfonamides is 1. The van der Waals surface area contributed by atoms with Gasteiger partial charge in [-0.3, -0.25) is 13.9 Å². The van der Waals surface area contributed by atoms with Crippen molar-refractivity contribution in [1.29, 1.82) is 0 Å². The fourth-order valence-electron chi connectivity index (χ4n) is 4.00. The number of anilines is 1. The van der Waals surface area contributed by atoms with E-state index >= 15 is 0 Å². The van der Waals surface area contributed by atoms with E-state index in [0.717, 1.165) is 21.9 Å². The zero-order valence-corrected chi connectivity index (χ0v) is 25.8. The van der Waals surface area contributed by atoms with Crippen molar-refractivity contribution in [3.63, 3.8) is 0 Å². The predicted molar refractivity (Wildman–Crippen MR) is 161 cm³/mol. The lowest BCUT2D eigenvalue weighted by molar-refractivity contribution is -0.139. The normalized spacial score (nSPS) is 12.8. The second-order valence-electron chi connectivity index (χ2n) is 9.64. The molecule has 0 aromatic heterocycles. The lowest BCUT2D eigenvalue weighted by atomic mass is 10.1. The van der Waals surface area contributed by atoms with E-state index in [2.05, 4.69) is 21.2 Å². The van der Waals surface area contributed by atoms with Crippen LogP contribution in [0.1, 0.15) is 38.3 Å². The number of hydrogen-bond donors (Lipinski definition) is 1. The Balaban J connectivity index is 2.03.